The molecule has 1 aromatic carbocycles. The minimum absolute atomic E-state index is 0.0988. The van der Waals surface area contributed by atoms with Crippen molar-refractivity contribution in [1.29, 1.82) is 0 Å². The highest BCUT2D eigenvalue weighted by Gasteiger charge is 2.51. The number of nitrogens with zero attached hydrogens (tertiary/aromatic N) is 1. The monoisotopic (exact) mass is 421 g/mol. The lowest BCUT2D eigenvalue weighted by atomic mass is 10.2. The van der Waals surface area contributed by atoms with E-state index in [0.29, 0.717) is 18.6 Å². The highest BCUT2D eigenvalue weighted by molar-refractivity contribution is 7.71. The van der Waals surface area contributed by atoms with Crippen LogP contribution < -0.4 is 10.1 Å². The van der Waals surface area contributed by atoms with Crippen LogP contribution in [0, 0.1) is 17.1 Å². The molecular weight excluding hydrogens is 403 g/mol. The van der Waals surface area contributed by atoms with Gasteiger partial charge in [0.2, 0.25) is 0 Å². The van der Waals surface area contributed by atoms with Crippen molar-refractivity contribution in [1.82, 2.24) is 9.55 Å². The number of H-pyrrole nitrogens is 1. The molecule has 2 aliphatic heterocycles. The summed E-state index contributed by atoms with van der Waals surface area (Å²) in [5.41, 5.74) is 0.630. The topological polar surface area (TPSA) is 94.9 Å². The third kappa shape index (κ3) is 3.89. The highest BCUT2D eigenvalue weighted by atomic mass is 32.1. The number of rotatable bonds is 4. The molecule has 3 unspecified atom stereocenters. The van der Waals surface area contributed by atoms with Crippen LogP contribution >= 0.6 is 20.4 Å². The molecule has 10 heteroatoms. The zero-order chi connectivity index (χ0) is 19.7. The summed E-state index contributed by atoms with van der Waals surface area (Å²) in [6.45, 7) is 0.317. The normalized spacial score (nSPS) is 26.3. The van der Waals surface area contributed by atoms with Crippen LogP contribution in [0.3, 0.4) is 0 Å². The van der Waals surface area contributed by atoms with Crippen molar-refractivity contribution in [2.75, 3.05) is 6.61 Å². The van der Waals surface area contributed by atoms with Gasteiger partial charge in [-0.2, -0.15) is 4.89 Å². The highest BCUT2D eigenvalue weighted by Crippen LogP contribution is 2.61. The van der Waals surface area contributed by atoms with Gasteiger partial charge < -0.3 is 4.74 Å². The number of hydrogen-bond acceptors (Lipinski definition) is 7. The summed E-state index contributed by atoms with van der Waals surface area (Å²) in [5.74, 6) is 2.88. The first kappa shape index (κ1) is 19.3. The molecule has 0 saturated carbocycles. The maximum atomic E-state index is 11.7. The van der Waals surface area contributed by atoms with Gasteiger partial charge in [-0.1, -0.05) is 24.1 Å². The second kappa shape index (κ2) is 7.76. The van der Waals surface area contributed by atoms with E-state index >= 15 is 0 Å². The Kier molecular flexibility index (Phi) is 5.34. The van der Waals surface area contributed by atoms with Crippen LogP contribution in [0.15, 0.2) is 35.3 Å². The van der Waals surface area contributed by atoms with Gasteiger partial charge in [-0.15, -0.1) is 15.5 Å². The molecule has 3 heterocycles. The SMILES string of the molecule is C#Cc1cn(C2CCC(CO[P+]3(O)OCc4ccccc4O3)O2)c(=S)[nH]c1=O. The van der Waals surface area contributed by atoms with Crippen molar-refractivity contribution in [3.63, 3.8) is 0 Å². The van der Waals surface area contributed by atoms with Crippen LogP contribution in [0.1, 0.15) is 30.2 Å². The van der Waals surface area contributed by atoms with Gasteiger partial charge in [-0.3, -0.25) is 18.9 Å². The Morgan fingerprint density at radius 1 is 1.43 bits per heavy atom. The number of aromatic amines is 1. The van der Waals surface area contributed by atoms with Crippen molar-refractivity contribution in [2.24, 2.45) is 0 Å². The largest absolute Gasteiger partial charge is 0.619 e. The van der Waals surface area contributed by atoms with Crippen molar-refractivity contribution in [3.05, 3.63) is 56.7 Å². The summed E-state index contributed by atoms with van der Waals surface area (Å²) >= 11 is 5.20. The molecule has 28 heavy (non-hydrogen) atoms. The Bertz CT molecular complexity index is 1050. The van der Waals surface area contributed by atoms with E-state index < -0.39 is 13.7 Å². The van der Waals surface area contributed by atoms with Crippen molar-refractivity contribution < 1.29 is 23.2 Å². The Hall–Kier alpha value is -2.05. The maximum absolute atomic E-state index is 11.7. The fourth-order valence-electron chi connectivity index (χ4n) is 3.07. The van der Waals surface area contributed by atoms with E-state index in [9.17, 15) is 9.69 Å². The molecule has 0 aliphatic carbocycles. The van der Waals surface area contributed by atoms with Crippen LogP contribution in [0.2, 0.25) is 0 Å². The Morgan fingerprint density at radius 2 is 2.25 bits per heavy atom. The molecule has 8 nitrogen and oxygen atoms in total. The summed E-state index contributed by atoms with van der Waals surface area (Å²) in [4.78, 5) is 24.8. The summed E-state index contributed by atoms with van der Waals surface area (Å²) in [6, 6.07) is 7.31. The molecule has 0 radical (unpaired) electrons. The molecule has 2 N–H and O–H groups in total. The second-order valence-corrected chi connectivity index (χ2v) is 8.40. The average molecular weight is 421 g/mol. The fourth-order valence-corrected chi connectivity index (χ4v) is 4.60. The van der Waals surface area contributed by atoms with Gasteiger partial charge in [0.1, 0.15) is 25.0 Å². The minimum atomic E-state index is -3.45. The number of hydrogen-bond donors (Lipinski definition) is 2. The summed E-state index contributed by atoms with van der Waals surface area (Å²) in [5, 5.41) is 0. The van der Waals surface area contributed by atoms with Crippen LogP contribution in [-0.2, 0) is 20.4 Å². The first-order chi connectivity index (χ1) is 13.5. The maximum Gasteiger partial charge on any atom is 0.619 e. The molecule has 4 rings (SSSR count). The van der Waals surface area contributed by atoms with Gasteiger partial charge in [0.25, 0.3) is 5.56 Å². The third-order valence-corrected chi connectivity index (χ3v) is 6.18. The summed E-state index contributed by atoms with van der Waals surface area (Å²) in [7, 11) is -3.45. The van der Waals surface area contributed by atoms with Crippen molar-refractivity contribution >= 4 is 20.4 Å². The minimum Gasteiger partial charge on any atom is -0.352 e. The number of para-hydroxylation sites is 1. The molecule has 1 fully saturated rings. The summed E-state index contributed by atoms with van der Waals surface area (Å²) < 4.78 is 24.3. The zero-order valence-corrected chi connectivity index (χ0v) is 16.4. The predicted molar refractivity (Wildman–Crippen MR) is 104 cm³/mol. The average Bonchev–Trinajstić information content (AvgIpc) is 3.15. The molecular formula is C18H18N2O6PS+. The number of fused-ring (bicyclic) bond motifs is 1. The Balaban J connectivity index is 1.39. The molecule has 0 amide bonds. The second-order valence-electron chi connectivity index (χ2n) is 6.38. The number of aromatic nitrogens is 2. The smallest absolute Gasteiger partial charge is 0.352 e. The van der Waals surface area contributed by atoms with Gasteiger partial charge in [0.05, 0.1) is 6.10 Å². The quantitative estimate of drug-likeness (QED) is 0.445. The van der Waals surface area contributed by atoms with Crippen LogP contribution in [0.5, 0.6) is 5.75 Å². The summed E-state index contributed by atoms with van der Waals surface area (Å²) in [6.07, 6.45) is 7.51. The van der Waals surface area contributed by atoms with Crippen molar-refractivity contribution in [3.8, 4) is 18.1 Å². The number of terminal acetylenes is 1. The predicted octanol–water partition coefficient (Wildman–Crippen LogP) is 2.86. The first-order valence-corrected chi connectivity index (χ1v) is 10.5. The number of benzene rings is 1. The van der Waals surface area contributed by atoms with E-state index in [2.05, 4.69) is 10.9 Å². The lowest BCUT2D eigenvalue weighted by molar-refractivity contribution is -0.0293. The molecule has 146 valence electrons. The van der Waals surface area contributed by atoms with Gasteiger partial charge in [0.15, 0.2) is 10.5 Å². The van der Waals surface area contributed by atoms with Crippen LogP contribution in [0.4, 0.5) is 0 Å². The van der Waals surface area contributed by atoms with Gasteiger partial charge >= 0.3 is 8.17 Å². The van der Waals surface area contributed by atoms with Crippen molar-refractivity contribution in [2.45, 2.75) is 31.8 Å². The lowest BCUT2D eigenvalue weighted by Crippen LogP contribution is -2.22. The van der Waals surface area contributed by atoms with E-state index in [4.69, 9.17) is 36.9 Å². The first-order valence-electron chi connectivity index (χ1n) is 8.63. The lowest BCUT2D eigenvalue weighted by Gasteiger charge is -2.22. The molecule has 2 aromatic rings. The van der Waals surface area contributed by atoms with E-state index in [1.807, 2.05) is 18.2 Å². The fraction of sp³-hybridized carbons (Fsp3) is 0.333. The van der Waals surface area contributed by atoms with E-state index in [1.165, 1.54) is 6.20 Å². The van der Waals surface area contributed by atoms with E-state index in [0.717, 1.165) is 5.56 Å². The van der Waals surface area contributed by atoms with Gasteiger partial charge in [-0.05, 0) is 31.1 Å². The number of nitrogens with one attached hydrogen (secondary N) is 1. The zero-order valence-electron chi connectivity index (χ0n) is 14.7. The molecule has 3 atom stereocenters. The molecule has 1 saturated heterocycles. The van der Waals surface area contributed by atoms with Gasteiger partial charge in [-0.25, -0.2) is 0 Å². The van der Waals surface area contributed by atoms with E-state index in [1.54, 1.807) is 10.6 Å². The molecule has 1 aromatic heterocycles. The molecule has 0 bridgehead atoms. The van der Waals surface area contributed by atoms with Gasteiger partial charge in [0, 0.05) is 11.8 Å². The Morgan fingerprint density at radius 3 is 3.07 bits per heavy atom. The molecule has 0 spiro atoms. The molecule has 2 aliphatic rings. The number of ether oxygens (including phenoxy) is 1. The van der Waals surface area contributed by atoms with Crippen LogP contribution in [0.25, 0.3) is 0 Å². The standard InChI is InChI=1S/C18H17N2O6PS/c1-2-12-9-20(18(28)19-17(12)21)16-8-7-14(25-16)11-24-27(22)23-10-13-5-3-4-6-15(13)26-27/h1,3-6,9,14,16,22H,7-8,10-11H2/p+1. The third-order valence-electron chi connectivity index (χ3n) is 4.51. The Labute approximate surface area is 166 Å². The van der Waals surface area contributed by atoms with E-state index in [-0.39, 0.29) is 35.9 Å². The van der Waals surface area contributed by atoms with Crippen LogP contribution in [-0.4, -0.2) is 27.2 Å².